The van der Waals surface area contributed by atoms with E-state index in [2.05, 4.69) is 0 Å². The Morgan fingerprint density at radius 1 is 1.12 bits per heavy atom. The number of hydrogen-bond donors (Lipinski definition) is 0. The number of methoxy groups -OCH3 is 4. The van der Waals surface area contributed by atoms with Gasteiger partial charge in [0, 0.05) is 24.4 Å². The normalized spacial score (nSPS) is 17.0. The zero-order valence-electron chi connectivity index (χ0n) is 14.9. The molecule has 0 bridgehead atoms. The second kappa shape index (κ2) is 8.84. The Bertz CT molecular complexity index is 636. The van der Waals surface area contributed by atoms with Crippen LogP contribution in [0.1, 0.15) is 5.56 Å². The molecule has 138 valence electrons. The standard InChI is InChI=1S/C17H23NO6S/c1-21-12-6-5-11(15(22-2)16(12)23-3)9-14(19)18-7-8-25-13(10-18)17(20)24-4/h5-6,13H,7-10H2,1-4H3/t13-/m0/s1. The summed E-state index contributed by atoms with van der Waals surface area (Å²) >= 11 is 1.51. The van der Waals surface area contributed by atoms with Crippen LogP contribution in [0.25, 0.3) is 0 Å². The molecule has 0 unspecified atom stereocenters. The molecule has 8 heteroatoms. The third-order valence-corrected chi connectivity index (χ3v) is 5.17. The molecule has 1 amide bonds. The highest BCUT2D eigenvalue weighted by Gasteiger charge is 2.30. The molecule has 1 aliphatic heterocycles. The van der Waals surface area contributed by atoms with Crippen LogP contribution >= 0.6 is 11.8 Å². The molecule has 1 fully saturated rings. The zero-order chi connectivity index (χ0) is 18.4. The van der Waals surface area contributed by atoms with Gasteiger partial charge in [-0.05, 0) is 6.07 Å². The van der Waals surface area contributed by atoms with Crippen molar-refractivity contribution >= 4 is 23.6 Å². The van der Waals surface area contributed by atoms with Crippen molar-refractivity contribution in [1.82, 2.24) is 4.90 Å². The number of nitrogens with zero attached hydrogens (tertiary/aromatic N) is 1. The number of ether oxygens (including phenoxy) is 4. The second-order valence-electron chi connectivity index (χ2n) is 5.39. The predicted octanol–water partition coefficient (Wildman–Crippen LogP) is 1.37. The lowest BCUT2D eigenvalue weighted by atomic mass is 10.1. The number of amides is 1. The third kappa shape index (κ3) is 4.31. The smallest absolute Gasteiger partial charge is 0.320 e. The molecule has 0 saturated carbocycles. The maximum Gasteiger partial charge on any atom is 0.320 e. The van der Waals surface area contributed by atoms with Crippen LogP contribution in [0.3, 0.4) is 0 Å². The molecule has 0 N–H and O–H groups in total. The fourth-order valence-electron chi connectivity index (χ4n) is 2.73. The van der Waals surface area contributed by atoms with Crippen LogP contribution in [0.5, 0.6) is 17.2 Å². The molecule has 1 saturated heterocycles. The first-order valence-electron chi connectivity index (χ1n) is 7.80. The molecule has 0 spiro atoms. The van der Waals surface area contributed by atoms with Crippen molar-refractivity contribution < 1.29 is 28.5 Å². The Kier molecular flexibility index (Phi) is 6.81. The maximum atomic E-state index is 12.7. The molecule has 0 radical (unpaired) electrons. The van der Waals surface area contributed by atoms with Crippen molar-refractivity contribution in [3.8, 4) is 17.2 Å². The van der Waals surface area contributed by atoms with E-state index in [9.17, 15) is 9.59 Å². The van der Waals surface area contributed by atoms with Gasteiger partial charge in [-0.25, -0.2) is 0 Å². The number of hydrogen-bond acceptors (Lipinski definition) is 7. The Morgan fingerprint density at radius 3 is 2.44 bits per heavy atom. The van der Waals surface area contributed by atoms with Crippen LogP contribution in [0, 0.1) is 0 Å². The summed E-state index contributed by atoms with van der Waals surface area (Å²) < 4.78 is 20.8. The first-order valence-corrected chi connectivity index (χ1v) is 8.85. The van der Waals surface area contributed by atoms with E-state index in [0.29, 0.717) is 41.7 Å². The summed E-state index contributed by atoms with van der Waals surface area (Å²) in [6, 6.07) is 3.53. The van der Waals surface area contributed by atoms with Crippen molar-refractivity contribution in [2.75, 3.05) is 47.3 Å². The largest absolute Gasteiger partial charge is 0.493 e. The highest BCUT2D eigenvalue weighted by Crippen LogP contribution is 2.40. The molecule has 25 heavy (non-hydrogen) atoms. The lowest BCUT2D eigenvalue weighted by Gasteiger charge is -2.31. The monoisotopic (exact) mass is 369 g/mol. The Morgan fingerprint density at radius 2 is 1.84 bits per heavy atom. The fraction of sp³-hybridized carbons (Fsp3) is 0.529. The van der Waals surface area contributed by atoms with Gasteiger partial charge in [-0.15, -0.1) is 11.8 Å². The number of benzene rings is 1. The van der Waals surface area contributed by atoms with Crippen molar-refractivity contribution in [3.63, 3.8) is 0 Å². The summed E-state index contributed by atoms with van der Waals surface area (Å²) in [5.41, 5.74) is 0.706. The van der Waals surface area contributed by atoms with E-state index < -0.39 is 0 Å². The molecule has 1 heterocycles. The van der Waals surface area contributed by atoms with E-state index in [-0.39, 0.29) is 23.5 Å². The summed E-state index contributed by atoms with van der Waals surface area (Å²) in [5, 5.41) is -0.338. The lowest BCUT2D eigenvalue weighted by Crippen LogP contribution is -2.45. The van der Waals surface area contributed by atoms with Gasteiger partial charge >= 0.3 is 5.97 Å². The van der Waals surface area contributed by atoms with Crippen LogP contribution in [0.15, 0.2) is 12.1 Å². The summed E-state index contributed by atoms with van der Waals surface area (Å²) in [4.78, 5) is 26.1. The maximum absolute atomic E-state index is 12.7. The van der Waals surface area contributed by atoms with Crippen molar-refractivity contribution in [2.24, 2.45) is 0 Å². The Balaban J connectivity index is 2.16. The summed E-state index contributed by atoms with van der Waals surface area (Å²) in [6.45, 7) is 0.957. The Hall–Kier alpha value is -2.09. The van der Waals surface area contributed by atoms with Crippen LogP contribution in [-0.2, 0) is 20.7 Å². The first kappa shape index (κ1) is 19.2. The third-order valence-electron chi connectivity index (χ3n) is 4.01. The van der Waals surface area contributed by atoms with E-state index >= 15 is 0 Å². The van der Waals surface area contributed by atoms with E-state index in [4.69, 9.17) is 18.9 Å². The lowest BCUT2D eigenvalue weighted by molar-refractivity contribution is -0.141. The topological polar surface area (TPSA) is 74.3 Å². The second-order valence-corrected chi connectivity index (χ2v) is 6.70. The average Bonchev–Trinajstić information content (AvgIpc) is 2.66. The van der Waals surface area contributed by atoms with E-state index in [1.54, 1.807) is 24.1 Å². The first-order chi connectivity index (χ1) is 12.0. The van der Waals surface area contributed by atoms with E-state index in [0.717, 1.165) is 0 Å². The molecule has 1 aliphatic rings. The van der Waals surface area contributed by atoms with Gasteiger partial charge in [0.05, 0.1) is 34.9 Å². The van der Waals surface area contributed by atoms with E-state index in [1.807, 2.05) is 0 Å². The van der Waals surface area contributed by atoms with Gasteiger partial charge in [-0.1, -0.05) is 6.07 Å². The van der Waals surface area contributed by atoms with Gasteiger partial charge in [0.25, 0.3) is 0 Å². The van der Waals surface area contributed by atoms with Crippen LogP contribution < -0.4 is 14.2 Å². The molecule has 2 rings (SSSR count). The van der Waals surface area contributed by atoms with Crippen LogP contribution in [-0.4, -0.2) is 69.3 Å². The molecule has 0 aromatic heterocycles. The van der Waals surface area contributed by atoms with Crippen molar-refractivity contribution in [1.29, 1.82) is 0 Å². The van der Waals surface area contributed by atoms with Gasteiger partial charge in [-0.3, -0.25) is 9.59 Å². The summed E-state index contributed by atoms with van der Waals surface area (Å²) in [5.74, 6) is 1.80. The van der Waals surface area contributed by atoms with Crippen molar-refractivity contribution in [2.45, 2.75) is 11.7 Å². The van der Waals surface area contributed by atoms with Gasteiger partial charge < -0.3 is 23.8 Å². The number of thioether (sulfide) groups is 1. The molecule has 1 atom stereocenters. The molecular weight excluding hydrogens is 346 g/mol. The number of rotatable bonds is 6. The minimum Gasteiger partial charge on any atom is -0.493 e. The van der Waals surface area contributed by atoms with Gasteiger partial charge in [0.2, 0.25) is 11.7 Å². The molecular formula is C17H23NO6S. The SMILES string of the molecule is COC(=O)[C@@H]1CN(C(=O)Cc2ccc(OC)c(OC)c2OC)CCS1. The summed E-state index contributed by atoms with van der Waals surface area (Å²) in [7, 11) is 5.95. The molecule has 0 aliphatic carbocycles. The number of carbonyl (C=O) groups excluding carboxylic acids is 2. The highest BCUT2D eigenvalue weighted by molar-refractivity contribution is 8.00. The molecule has 1 aromatic carbocycles. The average molecular weight is 369 g/mol. The minimum absolute atomic E-state index is 0.0697. The molecule has 7 nitrogen and oxygen atoms in total. The Labute approximate surface area is 151 Å². The summed E-state index contributed by atoms with van der Waals surface area (Å²) in [6.07, 6.45) is 0.155. The van der Waals surface area contributed by atoms with Crippen LogP contribution in [0.2, 0.25) is 0 Å². The minimum atomic E-state index is -0.338. The van der Waals surface area contributed by atoms with Gasteiger partial charge in [0.1, 0.15) is 5.25 Å². The zero-order valence-corrected chi connectivity index (χ0v) is 15.7. The number of esters is 1. The van der Waals surface area contributed by atoms with Gasteiger partial charge in [0.15, 0.2) is 11.5 Å². The highest BCUT2D eigenvalue weighted by atomic mass is 32.2. The number of carbonyl (C=O) groups is 2. The quantitative estimate of drug-likeness (QED) is 0.701. The van der Waals surface area contributed by atoms with Gasteiger partial charge in [-0.2, -0.15) is 0 Å². The van der Waals surface area contributed by atoms with E-state index in [1.165, 1.54) is 33.1 Å². The fourth-order valence-corrected chi connectivity index (χ4v) is 3.85. The molecule has 1 aromatic rings. The van der Waals surface area contributed by atoms with Crippen LogP contribution in [0.4, 0.5) is 0 Å². The van der Waals surface area contributed by atoms with Crippen molar-refractivity contribution in [3.05, 3.63) is 17.7 Å². The predicted molar refractivity (Wildman–Crippen MR) is 94.6 cm³/mol.